The summed E-state index contributed by atoms with van der Waals surface area (Å²) in [5.41, 5.74) is 0.449. The third-order valence-electron chi connectivity index (χ3n) is 3.94. The van der Waals surface area contributed by atoms with E-state index in [-0.39, 0.29) is 17.9 Å². The Labute approximate surface area is 115 Å². The molecule has 0 N–H and O–H groups in total. The lowest BCUT2D eigenvalue weighted by Crippen LogP contribution is -2.40. The maximum absolute atomic E-state index is 12.5. The summed E-state index contributed by atoms with van der Waals surface area (Å²) >= 11 is 0. The van der Waals surface area contributed by atoms with Crippen LogP contribution in [0.4, 0.5) is 0 Å². The van der Waals surface area contributed by atoms with Crippen molar-refractivity contribution in [3.05, 3.63) is 17.5 Å². The van der Waals surface area contributed by atoms with E-state index in [1.165, 1.54) is 12.8 Å². The highest BCUT2D eigenvalue weighted by molar-refractivity contribution is 5.92. The summed E-state index contributed by atoms with van der Waals surface area (Å²) in [4.78, 5) is 14.5. The summed E-state index contributed by atoms with van der Waals surface area (Å²) in [6.07, 6.45) is 3.47. The summed E-state index contributed by atoms with van der Waals surface area (Å²) in [7, 11) is 0. The standard InChI is InChI=1S/C15H24N2O2/c1-10(2)14-8-13(16-19-14)15(18)17-9-11(3)6-5-7-12(17)4/h8,10-12H,5-7,9H2,1-4H3/t11-,12+/m0/s1. The Balaban J connectivity index is 2.16. The number of likely N-dealkylation sites (tertiary alicyclic amines) is 1. The van der Waals surface area contributed by atoms with E-state index < -0.39 is 0 Å². The number of amides is 1. The predicted octanol–water partition coefficient (Wildman–Crippen LogP) is 3.45. The second-order valence-electron chi connectivity index (χ2n) is 6.11. The number of nitrogens with zero attached hydrogens (tertiary/aromatic N) is 2. The molecule has 1 saturated heterocycles. The van der Waals surface area contributed by atoms with Crippen molar-refractivity contribution in [3.63, 3.8) is 0 Å². The molecule has 0 bridgehead atoms. The zero-order valence-electron chi connectivity index (χ0n) is 12.3. The van der Waals surface area contributed by atoms with E-state index in [4.69, 9.17) is 4.52 Å². The number of hydrogen-bond acceptors (Lipinski definition) is 3. The highest BCUT2D eigenvalue weighted by atomic mass is 16.5. The summed E-state index contributed by atoms with van der Waals surface area (Å²) in [5, 5.41) is 3.94. The van der Waals surface area contributed by atoms with Gasteiger partial charge in [0.15, 0.2) is 5.69 Å². The van der Waals surface area contributed by atoms with E-state index in [2.05, 4.69) is 19.0 Å². The molecule has 1 aliphatic rings. The Morgan fingerprint density at radius 1 is 1.42 bits per heavy atom. The van der Waals surface area contributed by atoms with Crippen LogP contribution in [0.5, 0.6) is 0 Å². The van der Waals surface area contributed by atoms with Gasteiger partial charge in [-0.2, -0.15) is 0 Å². The summed E-state index contributed by atoms with van der Waals surface area (Å²) in [5.74, 6) is 1.61. The summed E-state index contributed by atoms with van der Waals surface area (Å²) < 4.78 is 5.23. The van der Waals surface area contributed by atoms with Crippen LogP contribution >= 0.6 is 0 Å². The maximum Gasteiger partial charge on any atom is 0.276 e. The Bertz CT molecular complexity index is 439. The molecule has 0 aromatic carbocycles. The molecule has 0 saturated carbocycles. The average Bonchev–Trinajstić information content (AvgIpc) is 2.78. The molecule has 1 fully saturated rings. The van der Waals surface area contributed by atoms with Crippen LogP contribution in [0.3, 0.4) is 0 Å². The fourth-order valence-electron chi connectivity index (χ4n) is 2.62. The molecular weight excluding hydrogens is 240 g/mol. The monoisotopic (exact) mass is 264 g/mol. The first-order valence-corrected chi connectivity index (χ1v) is 7.26. The van der Waals surface area contributed by atoms with Gasteiger partial charge in [-0.25, -0.2) is 0 Å². The minimum Gasteiger partial charge on any atom is -0.360 e. The number of rotatable bonds is 2. The molecule has 19 heavy (non-hydrogen) atoms. The average molecular weight is 264 g/mol. The third-order valence-corrected chi connectivity index (χ3v) is 3.94. The normalized spacial score (nSPS) is 24.6. The Hall–Kier alpha value is -1.32. The van der Waals surface area contributed by atoms with Crippen LogP contribution in [0.15, 0.2) is 10.6 Å². The van der Waals surface area contributed by atoms with Crippen molar-refractivity contribution in [1.29, 1.82) is 0 Å². The van der Waals surface area contributed by atoms with Gasteiger partial charge in [0.2, 0.25) is 0 Å². The van der Waals surface area contributed by atoms with Crippen LogP contribution in [0.1, 0.15) is 69.1 Å². The van der Waals surface area contributed by atoms with Crippen molar-refractivity contribution >= 4 is 5.91 Å². The maximum atomic E-state index is 12.5. The zero-order chi connectivity index (χ0) is 14.0. The van der Waals surface area contributed by atoms with E-state index >= 15 is 0 Å². The predicted molar refractivity (Wildman–Crippen MR) is 74.1 cm³/mol. The zero-order valence-corrected chi connectivity index (χ0v) is 12.3. The van der Waals surface area contributed by atoms with Gasteiger partial charge in [-0.3, -0.25) is 4.79 Å². The largest absolute Gasteiger partial charge is 0.360 e. The minimum absolute atomic E-state index is 0.0110. The van der Waals surface area contributed by atoms with Crippen molar-refractivity contribution < 1.29 is 9.32 Å². The quantitative estimate of drug-likeness (QED) is 0.822. The van der Waals surface area contributed by atoms with Gasteiger partial charge in [-0.1, -0.05) is 32.3 Å². The molecule has 4 nitrogen and oxygen atoms in total. The van der Waals surface area contributed by atoms with E-state index in [0.717, 1.165) is 18.7 Å². The van der Waals surface area contributed by atoms with Crippen molar-refractivity contribution in [2.45, 2.75) is 58.9 Å². The molecule has 4 heteroatoms. The van der Waals surface area contributed by atoms with E-state index in [1.807, 2.05) is 18.7 Å². The molecule has 2 heterocycles. The molecule has 0 aliphatic carbocycles. The molecule has 0 unspecified atom stereocenters. The smallest absolute Gasteiger partial charge is 0.276 e. The molecule has 1 amide bonds. The van der Waals surface area contributed by atoms with Crippen LogP contribution in [0, 0.1) is 5.92 Å². The second kappa shape index (κ2) is 5.76. The molecule has 2 rings (SSSR count). The molecule has 1 aromatic heterocycles. The molecular formula is C15H24N2O2. The fraction of sp³-hybridized carbons (Fsp3) is 0.733. The van der Waals surface area contributed by atoms with E-state index in [1.54, 1.807) is 6.07 Å². The van der Waals surface area contributed by atoms with Gasteiger partial charge in [0, 0.05) is 24.6 Å². The Morgan fingerprint density at radius 3 is 2.79 bits per heavy atom. The van der Waals surface area contributed by atoms with Crippen molar-refractivity contribution in [3.8, 4) is 0 Å². The Morgan fingerprint density at radius 2 is 2.16 bits per heavy atom. The number of aromatic nitrogens is 1. The molecule has 106 valence electrons. The summed E-state index contributed by atoms with van der Waals surface area (Å²) in [6.45, 7) is 9.22. The first kappa shape index (κ1) is 14.1. The highest BCUT2D eigenvalue weighted by Crippen LogP contribution is 2.23. The second-order valence-corrected chi connectivity index (χ2v) is 6.11. The van der Waals surface area contributed by atoms with Crippen molar-refractivity contribution in [2.75, 3.05) is 6.54 Å². The highest BCUT2D eigenvalue weighted by Gasteiger charge is 2.28. The van der Waals surface area contributed by atoms with Gasteiger partial charge >= 0.3 is 0 Å². The van der Waals surface area contributed by atoms with Gasteiger partial charge in [-0.05, 0) is 25.7 Å². The van der Waals surface area contributed by atoms with E-state index in [0.29, 0.717) is 11.6 Å². The molecule has 1 aromatic rings. The van der Waals surface area contributed by atoms with Crippen LogP contribution < -0.4 is 0 Å². The summed E-state index contributed by atoms with van der Waals surface area (Å²) in [6, 6.07) is 2.08. The first-order chi connectivity index (χ1) is 8.99. The number of carbonyl (C=O) groups is 1. The van der Waals surface area contributed by atoms with Crippen LogP contribution in [0.2, 0.25) is 0 Å². The van der Waals surface area contributed by atoms with Crippen LogP contribution in [0.25, 0.3) is 0 Å². The molecule has 1 aliphatic heterocycles. The van der Waals surface area contributed by atoms with Crippen molar-refractivity contribution in [1.82, 2.24) is 10.1 Å². The molecule has 2 atom stereocenters. The Kier molecular flexibility index (Phi) is 4.27. The van der Waals surface area contributed by atoms with Crippen molar-refractivity contribution in [2.24, 2.45) is 5.92 Å². The SMILES string of the molecule is CC(C)c1cc(C(=O)N2C[C@@H](C)CCC[C@H]2C)no1. The van der Waals surface area contributed by atoms with Gasteiger partial charge in [-0.15, -0.1) is 0 Å². The molecule has 0 radical (unpaired) electrons. The van der Waals surface area contributed by atoms with Gasteiger partial charge in [0.25, 0.3) is 5.91 Å². The van der Waals surface area contributed by atoms with Gasteiger partial charge < -0.3 is 9.42 Å². The number of hydrogen-bond donors (Lipinski definition) is 0. The first-order valence-electron chi connectivity index (χ1n) is 7.26. The van der Waals surface area contributed by atoms with Crippen LogP contribution in [-0.2, 0) is 0 Å². The van der Waals surface area contributed by atoms with E-state index in [9.17, 15) is 4.79 Å². The third kappa shape index (κ3) is 3.17. The minimum atomic E-state index is 0.0110. The van der Waals surface area contributed by atoms with Gasteiger partial charge in [0.1, 0.15) is 5.76 Å². The fourth-order valence-corrected chi connectivity index (χ4v) is 2.62. The van der Waals surface area contributed by atoms with Gasteiger partial charge in [0.05, 0.1) is 0 Å². The number of carbonyl (C=O) groups excluding carboxylic acids is 1. The lowest BCUT2D eigenvalue weighted by Gasteiger charge is -2.27. The molecule has 0 spiro atoms. The van der Waals surface area contributed by atoms with Crippen LogP contribution in [-0.4, -0.2) is 28.6 Å². The lowest BCUT2D eigenvalue weighted by molar-refractivity contribution is 0.0666. The topological polar surface area (TPSA) is 46.3 Å². The lowest BCUT2D eigenvalue weighted by atomic mass is 10.1.